The number of benzene rings is 1. The number of hydrogen-bond acceptors (Lipinski definition) is 3. The lowest BCUT2D eigenvalue weighted by molar-refractivity contribution is -0.384. The van der Waals surface area contributed by atoms with E-state index in [1.807, 2.05) is 6.92 Å². The fraction of sp³-hybridized carbons (Fsp3) is 0.417. The Balaban J connectivity index is 2.84. The van der Waals surface area contributed by atoms with E-state index in [0.717, 1.165) is 12.8 Å². The van der Waals surface area contributed by atoms with Crippen LogP contribution in [0.1, 0.15) is 35.7 Å². The standard InChI is InChI=1S/C12H15N2O3/c1-3-4-7-13-12(15)11-8-10(14(16)17)6-5-9(11)2/h5-6,8H,3-4,7H2,1-2H3. The Bertz CT molecular complexity index is 430. The van der Waals surface area contributed by atoms with Crippen LogP contribution in [0.15, 0.2) is 18.2 Å². The molecular formula is C12H15N2O3. The molecule has 0 unspecified atom stereocenters. The normalized spacial score (nSPS) is 10.0. The second kappa shape index (κ2) is 5.98. The summed E-state index contributed by atoms with van der Waals surface area (Å²) >= 11 is 0. The van der Waals surface area contributed by atoms with Gasteiger partial charge in [0, 0.05) is 18.7 Å². The van der Waals surface area contributed by atoms with Crippen LogP contribution in [0.2, 0.25) is 0 Å². The third-order valence-electron chi connectivity index (χ3n) is 2.43. The Kier molecular flexibility index (Phi) is 4.63. The summed E-state index contributed by atoms with van der Waals surface area (Å²) in [6, 6.07) is 4.24. The zero-order valence-electron chi connectivity index (χ0n) is 9.97. The highest BCUT2D eigenvalue weighted by molar-refractivity contribution is 5.96. The third kappa shape index (κ3) is 3.55. The predicted molar refractivity (Wildman–Crippen MR) is 64.1 cm³/mol. The Hall–Kier alpha value is -1.91. The second-order valence-electron chi connectivity index (χ2n) is 3.80. The number of aryl methyl sites for hydroxylation is 1. The lowest BCUT2D eigenvalue weighted by Crippen LogP contribution is -2.18. The van der Waals surface area contributed by atoms with Gasteiger partial charge in [-0.15, -0.1) is 0 Å². The van der Waals surface area contributed by atoms with Gasteiger partial charge in [-0.25, -0.2) is 5.32 Å². The van der Waals surface area contributed by atoms with Crippen LogP contribution >= 0.6 is 0 Å². The first-order valence-corrected chi connectivity index (χ1v) is 5.53. The van der Waals surface area contributed by atoms with Gasteiger partial charge in [0.1, 0.15) is 0 Å². The van der Waals surface area contributed by atoms with Crippen molar-refractivity contribution in [2.75, 3.05) is 6.54 Å². The minimum absolute atomic E-state index is 0.0790. The van der Waals surface area contributed by atoms with Crippen LogP contribution in [-0.2, 0) is 0 Å². The van der Waals surface area contributed by atoms with Gasteiger partial charge in [-0.05, 0) is 18.9 Å². The van der Waals surface area contributed by atoms with Gasteiger partial charge in [0.05, 0.1) is 10.5 Å². The minimum atomic E-state index is -0.512. The fourth-order valence-electron chi connectivity index (χ4n) is 1.38. The summed E-state index contributed by atoms with van der Waals surface area (Å²) in [6.45, 7) is 4.22. The predicted octanol–water partition coefficient (Wildman–Crippen LogP) is 2.45. The van der Waals surface area contributed by atoms with Crippen molar-refractivity contribution in [1.29, 1.82) is 0 Å². The first-order chi connectivity index (χ1) is 8.06. The number of amides is 1. The van der Waals surface area contributed by atoms with Crippen molar-refractivity contribution in [1.82, 2.24) is 5.32 Å². The largest absolute Gasteiger partial charge is 0.272 e. The summed E-state index contributed by atoms with van der Waals surface area (Å²) in [4.78, 5) is 21.8. The molecule has 91 valence electrons. The number of carbonyl (C=O) groups excluding carboxylic acids is 1. The second-order valence-corrected chi connectivity index (χ2v) is 3.80. The molecule has 0 aliphatic rings. The maximum Gasteiger partial charge on any atom is 0.272 e. The molecule has 0 spiro atoms. The van der Waals surface area contributed by atoms with Crippen LogP contribution in [0.3, 0.4) is 0 Å². The summed E-state index contributed by atoms with van der Waals surface area (Å²) in [7, 11) is 0. The molecule has 0 heterocycles. The molecule has 0 aliphatic carbocycles. The minimum Gasteiger partial charge on any atom is -0.267 e. The number of unbranched alkanes of at least 4 members (excludes halogenated alkanes) is 1. The third-order valence-corrected chi connectivity index (χ3v) is 2.43. The van der Waals surface area contributed by atoms with E-state index in [1.165, 1.54) is 12.1 Å². The molecule has 1 aromatic rings. The molecule has 1 radical (unpaired) electrons. The van der Waals surface area contributed by atoms with Gasteiger partial charge in [-0.3, -0.25) is 14.9 Å². The van der Waals surface area contributed by atoms with E-state index in [9.17, 15) is 14.9 Å². The van der Waals surface area contributed by atoms with Gasteiger partial charge in [0.25, 0.3) is 11.6 Å². The Morgan fingerprint density at radius 3 is 2.76 bits per heavy atom. The number of carbonyl (C=O) groups is 1. The summed E-state index contributed by atoms with van der Waals surface area (Å²) in [5.74, 6) is -0.375. The molecular weight excluding hydrogens is 220 g/mol. The summed E-state index contributed by atoms with van der Waals surface area (Å²) in [5.41, 5.74) is 0.945. The zero-order valence-corrected chi connectivity index (χ0v) is 9.97. The van der Waals surface area contributed by atoms with Gasteiger partial charge in [-0.1, -0.05) is 19.4 Å². The van der Waals surface area contributed by atoms with E-state index in [1.54, 1.807) is 13.0 Å². The zero-order chi connectivity index (χ0) is 12.8. The number of nitrogens with zero attached hydrogens (tertiary/aromatic N) is 2. The van der Waals surface area contributed by atoms with Crippen LogP contribution in [0, 0.1) is 17.0 Å². The molecule has 5 nitrogen and oxygen atoms in total. The van der Waals surface area contributed by atoms with E-state index in [2.05, 4.69) is 5.32 Å². The number of nitro benzene ring substituents is 1. The van der Waals surface area contributed by atoms with Crippen molar-refractivity contribution in [3.63, 3.8) is 0 Å². The lowest BCUT2D eigenvalue weighted by Gasteiger charge is -2.04. The molecule has 0 N–H and O–H groups in total. The van der Waals surface area contributed by atoms with Crippen molar-refractivity contribution < 1.29 is 9.72 Å². The molecule has 0 fully saturated rings. The van der Waals surface area contributed by atoms with E-state index >= 15 is 0 Å². The molecule has 1 amide bonds. The van der Waals surface area contributed by atoms with Gasteiger partial charge in [-0.2, -0.15) is 0 Å². The Morgan fingerprint density at radius 2 is 2.18 bits per heavy atom. The van der Waals surface area contributed by atoms with E-state index in [0.29, 0.717) is 17.7 Å². The molecule has 0 aliphatic heterocycles. The molecule has 1 rings (SSSR count). The maximum absolute atomic E-state index is 11.7. The average molecular weight is 235 g/mol. The molecule has 0 saturated carbocycles. The smallest absolute Gasteiger partial charge is 0.267 e. The molecule has 0 bridgehead atoms. The van der Waals surface area contributed by atoms with Crippen molar-refractivity contribution >= 4 is 11.6 Å². The molecule has 0 aromatic heterocycles. The molecule has 0 saturated heterocycles. The van der Waals surface area contributed by atoms with Crippen LogP contribution in [0.25, 0.3) is 0 Å². The van der Waals surface area contributed by atoms with Crippen LogP contribution in [0.4, 0.5) is 5.69 Å². The number of hydrogen-bond donors (Lipinski definition) is 0. The van der Waals surface area contributed by atoms with E-state index < -0.39 is 4.92 Å². The van der Waals surface area contributed by atoms with Crippen LogP contribution in [0.5, 0.6) is 0 Å². The molecule has 1 aromatic carbocycles. The number of non-ortho nitro benzene ring substituents is 1. The van der Waals surface area contributed by atoms with Crippen molar-refractivity contribution in [3.05, 3.63) is 39.4 Å². The van der Waals surface area contributed by atoms with Crippen molar-refractivity contribution in [2.45, 2.75) is 26.7 Å². The Labute approximate surface area is 100.0 Å². The Morgan fingerprint density at radius 1 is 1.47 bits per heavy atom. The summed E-state index contributed by atoms with van der Waals surface area (Å²) in [6.07, 6.45) is 1.81. The van der Waals surface area contributed by atoms with Crippen molar-refractivity contribution in [3.8, 4) is 0 Å². The van der Waals surface area contributed by atoms with Gasteiger partial charge < -0.3 is 0 Å². The van der Waals surface area contributed by atoms with Gasteiger partial charge in [0.15, 0.2) is 0 Å². The van der Waals surface area contributed by atoms with Crippen LogP contribution in [-0.4, -0.2) is 17.4 Å². The average Bonchev–Trinajstić information content (AvgIpc) is 2.29. The first-order valence-electron chi connectivity index (χ1n) is 5.53. The molecule has 5 heteroatoms. The highest BCUT2D eigenvalue weighted by Crippen LogP contribution is 2.17. The first kappa shape index (κ1) is 13.2. The van der Waals surface area contributed by atoms with Gasteiger partial charge in [0.2, 0.25) is 0 Å². The van der Waals surface area contributed by atoms with E-state index in [-0.39, 0.29) is 11.6 Å². The lowest BCUT2D eigenvalue weighted by atomic mass is 10.1. The van der Waals surface area contributed by atoms with Gasteiger partial charge >= 0.3 is 0 Å². The van der Waals surface area contributed by atoms with Crippen LogP contribution < -0.4 is 5.32 Å². The monoisotopic (exact) mass is 235 g/mol. The highest BCUT2D eigenvalue weighted by Gasteiger charge is 2.14. The summed E-state index contributed by atoms with van der Waals surface area (Å²) in [5, 5.41) is 14.5. The summed E-state index contributed by atoms with van der Waals surface area (Å²) < 4.78 is 0. The molecule has 17 heavy (non-hydrogen) atoms. The SMILES string of the molecule is CCCC[N]C(=O)c1cc([N+](=O)[O-])ccc1C. The number of nitro groups is 1. The topological polar surface area (TPSA) is 74.3 Å². The number of rotatable bonds is 5. The fourth-order valence-corrected chi connectivity index (χ4v) is 1.38. The highest BCUT2D eigenvalue weighted by atomic mass is 16.6. The van der Waals surface area contributed by atoms with Crippen molar-refractivity contribution in [2.24, 2.45) is 0 Å². The molecule has 0 atom stereocenters. The maximum atomic E-state index is 11.7. The quantitative estimate of drug-likeness (QED) is 0.447. The van der Waals surface area contributed by atoms with E-state index in [4.69, 9.17) is 0 Å².